The van der Waals surface area contributed by atoms with Crippen LogP contribution in [0.1, 0.15) is 45.6 Å². The monoisotopic (exact) mass is 274 g/mol. The molecule has 1 amide bonds. The molecule has 1 aromatic carbocycles. The number of hydrogen-bond donors (Lipinski definition) is 1. The molecule has 0 aliphatic carbocycles. The van der Waals surface area contributed by atoms with Gasteiger partial charge in [-0.3, -0.25) is 4.79 Å². The summed E-state index contributed by atoms with van der Waals surface area (Å²) in [5.74, 6) is 0.233. The number of fused-ring (bicyclic) bond motifs is 1. The minimum absolute atomic E-state index is 0.233. The average molecular weight is 274 g/mol. The van der Waals surface area contributed by atoms with E-state index in [-0.39, 0.29) is 11.3 Å². The molecule has 0 fully saturated rings. The van der Waals surface area contributed by atoms with Gasteiger partial charge in [0.1, 0.15) is 0 Å². The van der Waals surface area contributed by atoms with E-state index in [1.807, 2.05) is 37.9 Å². The molecule has 0 aromatic heterocycles. The van der Waals surface area contributed by atoms with E-state index < -0.39 is 0 Å². The highest BCUT2D eigenvalue weighted by Crippen LogP contribution is 2.41. The fourth-order valence-electron chi connectivity index (χ4n) is 3.07. The Bertz CT molecular complexity index is 478. The van der Waals surface area contributed by atoms with E-state index in [1.54, 1.807) is 0 Å². The topological polar surface area (TPSA) is 32.3 Å². The lowest BCUT2D eigenvalue weighted by atomic mass is 9.86. The van der Waals surface area contributed by atoms with Crippen LogP contribution in [0.15, 0.2) is 24.3 Å². The summed E-state index contributed by atoms with van der Waals surface area (Å²) in [4.78, 5) is 14.6. The van der Waals surface area contributed by atoms with Crippen LogP contribution in [-0.4, -0.2) is 25.5 Å². The zero-order valence-electron chi connectivity index (χ0n) is 13.1. The van der Waals surface area contributed by atoms with E-state index in [9.17, 15) is 4.79 Å². The molecule has 110 valence electrons. The highest BCUT2D eigenvalue weighted by atomic mass is 16.2. The summed E-state index contributed by atoms with van der Waals surface area (Å²) in [5, 5.41) is 3.32. The Labute approximate surface area is 122 Å². The molecule has 3 heteroatoms. The zero-order valence-corrected chi connectivity index (χ0v) is 13.1. The lowest BCUT2D eigenvalue weighted by molar-refractivity contribution is -0.122. The minimum atomic E-state index is -0.385. The quantitative estimate of drug-likeness (QED) is 0.864. The van der Waals surface area contributed by atoms with Gasteiger partial charge in [-0.1, -0.05) is 25.1 Å². The molecule has 1 aromatic rings. The van der Waals surface area contributed by atoms with Crippen molar-refractivity contribution in [3.05, 3.63) is 29.8 Å². The van der Waals surface area contributed by atoms with Crippen LogP contribution in [0.5, 0.6) is 0 Å². The Morgan fingerprint density at radius 2 is 2.00 bits per heavy atom. The first-order valence-electron chi connectivity index (χ1n) is 7.61. The third-order valence-corrected chi connectivity index (χ3v) is 4.48. The van der Waals surface area contributed by atoms with Gasteiger partial charge in [-0.05, 0) is 51.8 Å². The molecule has 0 radical (unpaired) electrons. The Kier molecular flexibility index (Phi) is 4.48. The Morgan fingerprint density at radius 1 is 1.30 bits per heavy atom. The average Bonchev–Trinajstić information content (AvgIpc) is 2.65. The lowest BCUT2D eigenvalue weighted by Crippen LogP contribution is -2.37. The van der Waals surface area contributed by atoms with Crippen LogP contribution in [0.25, 0.3) is 0 Å². The van der Waals surface area contributed by atoms with Crippen LogP contribution < -0.4 is 10.2 Å². The molecule has 1 heterocycles. The van der Waals surface area contributed by atoms with Crippen LogP contribution >= 0.6 is 0 Å². The normalized spacial score (nSPS) is 18.2. The van der Waals surface area contributed by atoms with Crippen LogP contribution in [0.4, 0.5) is 5.69 Å². The highest BCUT2D eigenvalue weighted by molar-refractivity contribution is 6.07. The van der Waals surface area contributed by atoms with E-state index >= 15 is 0 Å². The summed E-state index contributed by atoms with van der Waals surface area (Å²) >= 11 is 0. The van der Waals surface area contributed by atoms with E-state index in [4.69, 9.17) is 0 Å². The smallest absolute Gasteiger partial charge is 0.237 e. The Balaban J connectivity index is 2.08. The molecule has 1 atom stereocenters. The highest BCUT2D eigenvalue weighted by Gasteiger charge is 2.43. The maximum atomic E-state index is 12.6. The number of carbonyl (C=O) groups excluding carboxylic acids is 1. The van der Waals surface area contributed by atoms with Crippen LogP contribution in [-0.2, 0) is 10.2 Å². The largest absolute Gasteiger partial charge is 0.317 e. The number of hydrogen-bond acceptors (Lipinski definition) is 2. The van der Waals surface area contributed by atoms with Gasteiger partial charge in [0.15, 0.2) is 0 Å². The summed E-state index contributed by atoms with van der Waals surface area (Å²) in [5.41, 5.74) is 1.87. The first-order chi connectivity index (χ1) is 9.52. The van der Waals surface area contributed by atoms with Crippen LogP contribution in [0.2, 0.25) is 0 Å². The number of amides is 1. The van der Waals surface area contributed by atoms with Crippen molar-refractivity contribution in [3.8, 4) is 0 Å². The summed E-state index contributed by atoms with van der Waals surface area (Å²) in [7, 11) is 2.01. The maximum absolute atomic E-state index is 12.6. The number of nitrogens with one attached hydrogen (secondary N) is 1. The van der Waals surface area contributed by atoms with Crippen molar-refractivity contribution >= 4 is 11.6 Å². The molecule has 0 saturated heterocycles. The molecule has 3 nitrogen and oxygen atoms in total. The van der Waals surface area contributed by atoms with Gasteiger partial charge in [-0.2, -0.15) is 0 Å². The van der Waals surface area contributed by atoms with Gasteiger partial charge in [0.25, 0.3) is 0 Å². The van der Waals surface area contributed by atoms with Gasteiger partial charge in [0.05, 0.1) is 5.41 Å². The third kappa shape index (κ3) is 2.59. The molecule has 20 heavy (non-hydrogen) atoms. The van der Waals surface area contributed by atoms with E-state index in [2.05, 4.69) is 24.4 Å². The summed E-state index contributed by atoms with van der Waals surface area (Å²) in [6, 6.07) is 8.73. The van der Waals surface area contributed by atoms with E-state index in [0.717, 1.165) is 37.1 Å². The van der Waals surface area contributed by atoms with Crippen molar-refractivity contribution in [1.29, 1.82) is 0 Å². The van der Waals surface area contributed by atoms with Gasteiger partial charge >= 0.3 is 0 Å². The fourth-order valence-corrected chi connectivity index (χ4v) is 3.07. The molecule has 1 aliphatic heterocycles. The number of carbonyl (C=O) groups is 1. The van der Waals surface area contributed by atoms with Gasteiger partial charge < -0.3 is 10.2 Å². The van der Waals surface area contributed by atoms with Gasteiger partial charge in [-0.15, -0.1) is 0 Å². The molecule has 1 aliphatic rings. The molecule has 0 saturated carbocycles. The second kappa shape index (κ2) is 5.96. The van der Waals surface area contributed by atoms with E-state index in [1.165, 1.54) is 0 Å². The maximum Gasteiger partial charge on any atom is 0.237 e. The van der Waals surface area contributed by atoms with Gasteiger partial charge in [0.2, 0.25) is 5.91 Å². The number of benzene rings is 1. The SMILES string of the molecule is CCC(CCCN1C(=O)C(C)(C)c2ccccc21)NC. The Hall–Kier alpha value is -1.35. The Morgan fingerprint density at radius 3 is 2.65 bits per heavy atom. The predicted molar refractivity (Wildman–Crippen MR) is 84.2 cm³/mol. The summed E-state index contributed by atoms with van der Waals surface area (Å²) < 4.78 is 0. The number of nitrogens with zero attached hydrogens (tertiary/aromatic N) is 1. The van der Waals surface area contributed by atoms with Crippen molar-refractivity contribution in [3.63, 3.8) is 0 Å². The zero-order chi connectivity index (χ0) is 14.8. The summed E-state index contributed by atoms with van der Waals surface area (Å²) in [6.45, 7) is 7.06. The van der Waals surface area contributed by atoms with Crippen molar-refractivity contribution in [2.75, 3.05) is 18.5 Å². The minimum Gasteiger partial charge on any atom is -0.317 e. The molecule has 1 unspecified atom stereocenters. The van der Waals surface area contributed by atoms with Gasteiger partial charge in [0, 0.05) is 18.3 Å². The second-order valence-corrected chi connectivity index (χ2v) is 6.14. The molecular weight excluding hydrogens is 248 g/mol. The number of anilines is 1. The molecule has 2 rings (SSSR count). The van der Waals surface area contributed by atoms with Crippen LogP contribution in [0.3, 0.4) is 0 Å². The third-order valence-electron chi connectivity index (χ3n) is 4.48. The summed E-state index contributed by atoms with van der Waals surface area (Å²) in [6.07, 6.45) is 3.28. The van der Waals surface area contributed by atoms with Crippen molar-refractivity contribution in [2.45, 2.75) is 51.5 Å². The molecular formula is C17H26N2O. The number of rotatable bonds is 6. The van der Waals surface area contributed by atoms with Gasteiger partial charge in [-0.25, -0.2) is 0 Å². The van der Waals surface area contributed by atoms with Crippen molar-refractivity contribution in [2.24, 2.45) is 0 Å². The molecule has 0 spiro atoms. The van der Waals surface area contributed by atoms with Crippen LogP contribution in [0, 0.1) is 0 Å². The first kappa shape index (κ1) is 15.0. The van der Waals surface area contributed by atoms with Crippen molar-refractivity contribution in [1.82, 2.24) is 5.32 Å². The van der Waals surface area contributed by atoms with E-state index in [0.29, 0.717) is 6.04 Å². The predicted octanol–water partition coefficient (Wildman–Crippen LogP) is 3.09. The molecule has 1 N–H and O–H groups in total. The van der Waals surface area contributed by atoms with Crippen molar-refractivity contribution < 1.29 is 4.79 Å². The standard InChI is InChI=1S/C17H26N2O/c1-5-13(18-4)9-8-12-19-15-11-7-6-10-14(15)17(2,3)16(19)20/h6-7,10-11,13,18H,5,8-9,12H2,1-4H3. The number of para-hydroxylation sites is 1. The fraction of sp³-hybridized carbons (Fsp3) is 0.588. The second-order valence-electron chi connectivity index (χ2n) is 6.14. The lowest BCUT2D eigenvalue weighted by Gasteiger charge is -2.21. The molecule has 0 bridgehead atoms. The first-order valence-corrected chi connectivity index (χ1v) is 7.61.